The van der Waals surface area contributed by atoms with Gasteiger partial charge in [0.05, 0.1) is 0 Å². The molecular formula is C7H8N2O2. The van der Waals surface area contributed by atoms with E-state index in [1.807, 2.05) is 0 Å². The maximum Gasteiger partial charge on any atom is 0.228 e. The van der Waals surface area contributed by atoms with Gasteiger partial charge in [-0.25, -0.2) is 9.97 Å². The summed E-state index contributed by atoms with van der Waals surface area (Å²) in [6.07, 6.45) is 1.89. The van der Waals surface area contributed by atoms with E-state index in [0.717, 1.165) is 0 Å². The Morgan fingerprint density at radius 3 is 2.55 bits per heavy atom. The lowest BCUT2D eigenvalue weighted by Gasteiger charge is -1.99. The highest BCUT2D eigenvalue weighted by molar-refractivity contribution is 5.95. The van der Waals surface area contributed by atoms with Gasteiger partial charge in [-0.1, -0.05) is 0 Å². The third-order valence-electron chi connectivity index (χ3n) is 1.17. The summed E-state index contributed by atoms with van der Waals surface area (Å²) in [5.41, 5.74) is 0. The van der Waals surface area contributed by atoms with E-state index in [0.29, 0.717) is 0 Å². The lowest BCUT2D eigenvalue weighted by atomic mass is 10.2. The molecule has 1 heterocycles. The molecule has 1 aromatic rings. The molecule has 4 heteroatoms. The van der Waals surface area contributed by atoms with Gasteiger partial charge in [-0.2, -0.15) is 0 Å². The van der Waals surface area contributed by atoms with Crippen LogP contribution in [-0.2, 0) is 0 Å². The van der Waals surface area contributed by atoms with Crippen molar-refractivity contribution in [2.75, 3.05) is 0 Å². The smallest absolute Gasteiger partial charge is 0.228 e. The van der Waals surface area contributed by atoms with Gasteiger partial charge < -0.3 is 5.11 Å². The highest BCUT2D eigenvalue weighted by Gasteiger charge is 2.13. The van der Waals surface area contributed by atoms with Crippen molar-refractivity contribution in [3.8, 4) is 0 Å². The molecule has 11 heavy (non-hydrogen) atoms. The van der Waals surface area contributed by atoms with Crippen LogP contribution in [0.3, 0.4) is 0 Å². The van der Waals surface area contributed by atoms with Crippen LogP contribution in [0.2, 0.25) is 0 Å². The zero-order valence-corrected chi connectivity index (χ0v) is 6.06. The van der Waals surface area contributed by atoms with Gasteiger partial charge in [-0.3, -0.25) is 4.79 Å². The molecule has 4 nitrogen and oxygen atoms in total. The van der Waals surface area contributed by atoms with Crippen LogP contribution in [0, 0.1) is 0 Å². The Hall–Kier alpha value is -1.29. The molecule has 1 aromatic heterocycles. The number of ketones is 1. The van der Waals surface area contributed by atoms with Gasteiger partial charge in [0.1, 0.15) is 6.10 Å². The third-order valence-corrected chi connectivity index (χ3v) is 1.17. The van der Waals surface area contributed by atoms with E-state index in [2.05, 4.69) is 9.97 Å². The van der Waals surface area contributed by atoms with Crippen molar-refractivity contribution in [3.05, 3.63) is 24.3 Å². The molecule has 0 aliphatic rings. The first-order valence-electron chi connectivity index (χ1n) is 3.21. The van der Waals surface area contributed by atoms with Crippen molar-refractivity contribution >= 4 is 5.78 Å². The van der Waals surface area contributed by atoms with Crippen molar-refractivity contribution in [2.45, 2.75) is 13.0 Å². The van der Waals surface area contributed by atoms with Gasteiger partial charge in [-0.05, 0) is 13.0 Å². The first kappa shape index (κ1) is 7.81. The Labute approximate surface area is 63.9 Å². The Bertz CT molecular complexity index is 246. The predicted octanol–water partition coefficient (Wildman–Crippen LogP) is 0.0401. The number of aromatic nitrogens is 2. The Balaban J connectivity index is 2.86. The van der Waals surface area contributed by atoms with Crippen LogP contribution in [0.15, 0.2) is 18.5 Å². The zero-order valence-electron chi connectivity index (χ0n) is 6.06. The number of carbonyl (C=O) groups excluding carboxylic acids is 1. The number of Topliss-reactive ketones (excluding diaryl/α,β-unsaturated/α-hetero) is 1. The third kappa shape index (κ3) is 1.81. The number of rotatable bonds is 2. The van der Waals surface area contributed by atoms with Crippen LogP contribution in [0.1, 0.15) is 17.5 Å². The van der Waals surface area contributed by atoms with Crippen molar-refractivity contribution < 1.29 is 9.90 Å². The van der Waals surface area contributed by atoms with Crippen LogP contribution >= 0.6 is 0 Å². The van der Waals surface area contributed by atoms with Crippen molar-refractivity contribution in [1.82, 2.24) is 9.97 Å². The fourth-order valence-electron chi connectivity index (χ4n) is 0.613. The molecule has 1 N–H and O–H groups in total. The average molecular weight is 152 g/mol. The van der Waals surface area contributed by atoms with Crippen LogP contribution < -0.4 is 0 Å². The molecule has 1 rings (SSSR count). The Morgan fingerprint density at radius 1 is 1.55 bits per heavy atom. The number of aliphatic hydroxyl groups is 1. The number of hydrogen-bond acceptors (Lipinski definition) is 4. The first-order chi connectivity index (χ1) is 5.22. The van der Waals surface area contributed by atoms with E-state index in [9.17, 15) is 4.79 Å². The molecule has 0 saturated carbocycles. The van der Waals surface area contributed by atoms with E-state index in [4.69, 9.17) is 5.11 Å². The van der Waals surface area contributed by atoms with Crippen LogP contribution in [0.5, 0.6) is 0 Å². The molecule has 0 saturated heterocycles. The largest absolute Gasteiger partial charge is 0.385 e. The fraction of sp³-hybridized carbons (Fsp3) is 0.286. The van der Waals surface area contributed by atoms with Gasteiger partial charge in [0, 0.05) is 12.4 Å². The topological polar surface area (TPSA) is 63.1 Å². The van der Waals surface area contributed by atoms with Gasteiger partial charge in [0.25, 0.3) is 0 Å². The lowest BCUT2D eigenvalue weighted by Crippen LogP contribution is -2.18. The monoisotopic (exact) mass is 152 g/mol. The minimum absolute atomic E-state index is 0.0579. The maximum absolute atomic E-state index is 11.0. The SMILES string of the molecule is C[C@H](O)C(=O)c1ncccn1. The second kappa shape index (κ2) is 3.21. The van der Waals surface area contributed by atoms with E-state index in [1.165, 1.54) is 19.3 Å². The molecule has 0 radical (unpaired) electrons. The quantitative estimate of drug-likeness (QED) is 0.608. The molecule has 0 aliphatic carbocycles. The molecule has 0 amide bonds. The molecule has 0 aliphatic heterocycles. The van der Waals surface area contributed by atoms with Gasteiger partial charge in [-0.15, -0.1) is 0 Å². The van der Waals surface area contributed by atoms with Gasteiger partial charge >= 0.3 is 0 Å². The van der Waals surface area contributed by atoms with Crippen LogP contribution in [-0.4, -0.2) is 27.0 Å². The van der Waals surface area contributed by atoms with Crippen molar-refractivity contribution in [1.29, 1.82) is 0 Å². The second-order valence-electron chi connectivity index (χ2n) is 2.11. The first-order valence-corrected chi connectivity index (χ1v) is 3.21. The normalized spacial score (nSPS) is 12.5. The number of carbonyl (C=O) groups is 1. The predicted molar refractivity (Wildman–Crippen MR) is 38.0 cm³/mol. The standard InChI is InChI=1S/C7H8N2O2/c1-5(10)6(11)7-8-3-2-4-9-7/h2-5,10H,1H3/t5-/m0/s1. The summed E-state index contributed by atoms with van der Waals surface area (Å²) in [6, 6.07) is 1.61. The molecule has 0 fully saturated rings. The Kier molecular flexibility index (Phi) is 2.28. The minimum Gasteiger partial charge on any atom is -0.385 e. The highest BCUT2D eigenvalue weighted by Crippen LogP contribution is 1.94. The van der Waals surface area contributed by atoms with Crippen LogP contribution in [0.25, 0.3) is 0 Å². The average Bonchev–Trinajstić information content (AvgIpc) is 2.05. The molecular weight excluding hydrogens is 144 g/mol. The number of hydrogen-bond donors (Lipinski definition) is 1. The summed E-state index contributed by atoms with van der Waals surface area (Å²) in [7, 11) is 0. The molecule has 0 aromatic carbocycles. The van der Waals surface area contributed by atoms with Gasteiger partial charge in [0.2, 0.25) is 5.78 Å². The molecule has 1 atom stereocenters. The summed E-state index contributed by atoms with van der Waals surface area (Å²) >= 11 is 0. The summed E-state index contributed by atoms with van der Waals surface area (Å²) in [5.74, 6) is -0.395. The maximum atomic E-state index is 11.0. The summed E-state index contributed by atoms with van der Waals surface area (Å²) < 4.78 is 0. The van der Waals surface area contributed by atoms with Crippen LogP contribution in [0.4, 0.5) is 0 Å². The molecule has 0 spiro atoms. The van der Waals surface area contributed by atoms with E-state index >= 15 is 0 Å². The molecule has 0 unspecified atom stereocenters. The summed E-state index contributed by atoms with van der Waals surface area (Å²) in [5, 5.41) is 8.84. The van der Waals surface area contributed by atoms with Gasteiger partial charge in [0.15, 0.2) is 5.82 Å². The van der Waals surface area contributed by atoms with E-state index in [1.54, 1.807) is 6.07 Å². The second-order valence-corrected chi connectivity index (χ2v) is 2.11. The zero-order chi connectivity index (χ0) is 8.27. The Morgan fingerprint density at radius 2 is 2.09 bits per heavy atom. The fourth-order valence-corrected chi connectivity index (χ4v) is 0.613. The molecule has 58 valence electrons. The lowest BCUT2D eigenvalue weighted by molar-refractivity contribution is 0.0768. The number of nitrogens with zero attached hydrogens (tertiary/aromatic N) is 2. The minimum atomic E-state index is -1.03. The summed E-state index contributed by atoms with van der Waals surface area (Å²) in [6.45, 7) is 1.39. The van der Waals surface area contributed by atoms with E-state index in [-0.39, 0.29) is 5.82 Å². The highest BCUT2D eigenvalue weighted by atomic mass is 16.3. The van der Waals surface area contributed by atoms with E-state index < -0.39 is 11.9 Å². The summed E-state index contributed by atoms with van der Waals surface area (Å²) in [4.78, 5) is 18.3. The van der Waals surface area contributed by atoms with Crippen molar-refractivity contribution in [2.24, 2.45) is 0 Å². The number of aliphatic hydroxyl groups excluding tert-OH is 1. The molecule has 0 bridgehead atoms. The van der Waals surface area contributed by atoms with Crippen molar-refractivity contribution in [3.63, 3.8) is 0 Å².